The Morgan fingerprint density at radius 1 is 1.02 bits per heavy atom. The van der Waals surface area contributed by atoms with Gasteiger partial charge in [-0.1, -0.05) is 55.8 Å². The van der Waals surface area contributed by atoms with Crippen LogP contribution in [0.4, 0.5) is 0 Å². The van der Waals surface area contributed by atoms with Crippen LogP contribution in [0.15, 0.2) is 64.8 Å². The number of hydrogen-bond donors (Lipinski definition) is 2. The molecule has 2 aromatic heterocycles. The van der Waals surface area contributed by atoms with Gasteiger partial charge in [0.1, 0.15) is 6.33 Å². The second-order valence-corrected chi connectivity index (χ2v) is 12.7. The van der Waals surface area contributed by atoms with Crippen molar-refractivity contribution >= 4 is 17.4 Å². The van der Waals surface area contributed by atoms with E-state index < -0.39 is 0 Å². The molecule has 2 aromatic carbocycles. The van der Waals surface area contributed by atoms with Gasteiger partial charge in [-0.3, -0.25) is 14.2 Å². The fourth-order valence-electron chi connectivity index (χ4n) is 6.93. The Morgan fingerprint density at radius 2 is 1.82 bits per heavy atom. The topological polar surface area (TPSA) is 123 Å². The highest BCUT2D eigenvalue weighted by Gasteiger charge is 2.32. The molecule has 2 N–H and O–H groups in total. The van der Waals surface area contributed by atoms with E-state index in [0.717, 1.165) is 78.5 Å². The number of aliphatic hydroxyl groups is 1. The van der Waals surface area contributed by atoms with Crippen molar-refractivity contribution in [2.45, 2.75) is 89.4 Å². The van der Waals surface area contributed by atoms with Crippen molar-refractivity contribution in [3.8, 4) is 11.1 Å². The molecule has 0 spiro atoms. The summed E-state index contributed by atoms with van der Waals surface area (Å²) in [6.45, 7) is 2.50. The first-order valence-corrected chi connectivity index (χ1v) is 16.3. The van der Waals surface area contributed by atoms with Gasteiger partial charge < -0.3 is 9.84 Å². The second kappa shape index (κ2) is 12.7. The van der Waals surface area contributed by atoms with Gasteiger partial charge in [-0.2, -0.15) is 15.2 Å². The number of nitrogens with zero attached hydrogens (tertiary/aromatic N) is 5. The van der Waals surface area contributed by atoms with E-state index in [1.54, 1.807) is 0 Å². The van der Waals surface area contributed by atoms with Crippen molar-refractivity contribution < 1.29 is 14.6 Å². The average Bonchev–Trinajstić information content (AvgIpc) is 3.66. The molecular formula is C35H40N6O4. The molecule has 3 aliphatic rings. The number of amides is 1. The van der Waals surface area contributed by atoms with Crippen LogP contribution in [0, 0.1) is 5.92 Å². The van der Waals surface area contributed by atoms with E-state index in [1.807, 2.05) is 27.3 Å². The summed E-state index contributed by atoms with van der Waals surface area (Å²) in [5.41, 5.74) is 8.78. The molecule has 10 nitrogen and oxygen atoms in total. The van der Waals surface area contributed by atoms with Crippen molar-refractivity contribution in [2.24, 2.45) is 11.0 Å². The van der Waals surface area contributed by atoms with Crippen molar-refractivity contribution in [2.75, 3.05) is 6.61 Å². The lowest BCUT2D eigenvalue weighted by Gasteiger charge is -2.31. The lowest BCUT2D eigenvalue weighted by atomic mass is 9.91. The average molecular weight is 609 g/mol. The number of ether oxygens (including phenoxy) is 1. The molecule has 234 valence electrons. The fraction of sp³-hybridized carbons (Fsp3) is 0.457. The number of nitrogens with one attached hydrogen (secondary N) is 1. The number of hydrazone groups is 1. The summed E-state index contributed by atoms with van der Waals surface area (Å²) in [6, 6.07) is 16.3. The van der Waals surface area contributed by atoms with Crippen LogP contribution in [0.5, 0.6) is 0 Å². The molecule has 2 aliphatic carbocycles. The molecule has 1 unspecified atom stereocenters. The number of fused-ring (bicyclic) bond motifs is 1. The van der Waals surface area contributed by atoms with Crippen molar-refractivity contribution in [1.29, 1.82) is 0 Å². The van der Waals surface area contributed by atoms with Gasteiger partial charge in [-0.25, -0.2) is 9.94 Å². The normalized spacial score (nSPS) is 20.8. The molecule has 2 saturated carbocycles. The largest absolute Gasteiger partial charge is 0.390 e. The Balaban J connectivity index is 1.22. The van der Waals surface area contributed by atoms with Crippen LogP contribution in [0.25, 0.3) is 16.9 Å². The highest BCUT2D eigenvalue weighted by atomic mass is 16.5. The summed E-state index contributed by atoms with van der Waals surface area (Å²) in [4.78, 5) is 31.1. The smallest absolute Gasteiger partial charge is 0.259 e. The molecule has 7 rings (SSSR count). The van der Waals surface area contributed by atoms with E-state index in [4.69, 9.17) is 4.74 Å². The van der Waals surface area contributed by atoms with Gasteiger partial charge in [0.25, 0.3) is 5.56 Å². The quantitative estimate of drug-likeness (QED) is 0.257. The number of aryl methyl sites for hydroxylation is 1. The molecule has 0 bridgehead atoms. The molecule has 0 saturated heterocycles. The Kier molecular flexibility index (Phi) is 8.33. The van der Waals surface area contributed by atoms with Crippen LogP contribution in [-0.4, -0.2) is 54.7 Å². The zero-order valence-electron chi connectivity index (χ0n) is 25.7. The van der Waals surface area contributed by atoms with E-state index in [-0.39, 0.29) is 36.1 Å². The minimum absolute atomic E-state index is 0.00668. The van der Waals surface area contributed by atoms with Gasteiger partial charge in [-0.15, -0.1) is 0 Å². The summed E-state index contributed by atoms with van der Waals surface area (Å²) in [6.07, 6.45) is 8.94. The minimum atomic E-state index is -0.366. The maximum absolute atomic E-state index is 14.5. The monoisotopic (exact) mass is 608 g/mol. The van der Waals surface area contributed by atoms with Gasteiger partial charge in [0, 0.05) is 23.6 Å². The Hall–Kier alpha value is -4.15. The first kappa shape index (κ1) is 29.6. The highest BCUT2D eigenvalue weighted by molar-refractivity contribution is 6.16. The SMILES string of the molecule is CCCc1c(Cc2ccc(-c3ccccc3)c(C3=NNC(=O)C3)c2)c(=O)n(C2CCC(OCC(O)C3CC3)CC2)c2ncnn12. The summed E-state index contributed by atoms with van der Waals surface area (Å²) in [5.74, 6) is 0.862. The standard InChI is InChI=1S/C35H40N6O4/c1-2-6-31-29(18-22-9-16-27(23-7-4-3-5-8-23)28(17-22)30-19-33(43)39-38-30)34(44)40(35-36-21-37-41(31)35)25-12-14-26(15-13-25)45-20-32(42)24-10-11-24/h3-5,7-9,16-17,21,24-26,32,42H,2,6,10-15,18-20H2,1H3,(H,39,43). The lowest BCUT2D eigenvalue weighted by Crippen LogP contribution is -2.35. The predicted molar refractivity (Wildman–Crippen MR) is 171 cm³/mol. The highest BCUT2D eigenvalue weighted by Crippen LogP contribution is 2.35. The number of hydrogen-bond acceptors (Lipinski definition) is 7. The van der Waals surface area contributed by atoms with E-state index >= 15 is 0 Å². The zero-order valence-corrected chi connectivity index (χ0v) is 25.7. The molecule has 0 radical (unpaired) electrons. The maximum atomic E-state index is 14.5. The molecule has 1 aliphatic heterocycles. The third-order valence-electron chi connectivity index (χ3n) is 9.49. The molecule has 1 atom stereocenters. The lowest BCUT2D eigenvalue weighted by molar-refractivity contribution is -0.119. The van der Waals surface area contributed by atoms with Crippen LogP contribution in [-0.2, 0) is 22.4 Å². The van der Waals surface area contributed by atoms with E-state index in [2.05, 4.69) is 57.9 Å². The van der Waals surface area contributed by atoms with Crippen LogP contribution in [0.2, 0.25) is 0 Å². The molecule has 1 amide bonds. The molecule has 45 heavy (non-hydrogen) atoms. The van der Waals surface area contributed by atoms with Crippen LogP contribution >= 0.6 is 0 Å². The van der Waals surface area contributed by atoms with Crippen molar-refractivity contribution in [3.05, 3.63) is 87.6 Å². The number of aromatic nitrogens is 4. The Bertz CT molecular complexity index is 1780. The van der Waals surface area contributed by atoms with Gasteiger partial charge in [-0.05, 0) is 73.6 Å². The number of rotatable bonds is 11. The van der Waals surface area contributed by atoms with Crippen LogP contribution in [0.1, 0.15) is 86.7 Å². The predicted octanol–water partition coefficient (Wildman–Crippen LogP) is 4.60. The number of carbonyl (C=O) groups is 1. The Labute approximate surface area is 262 Å². The fourth-order valence-corrected chi connectivity index (χ4v) is 6.93. The van der Waals surface area contributed by atoms with Crippen molar-refractivity contribution in [1.82, 2.24) is 24.6 Å². The second-order valence-electron chi connectivity index (χ2n) is 12.7. The molecule has 4 aromatic rings. The van der Waals surface area contributed by atoms with Gasteiger partial charge in [0.2, 0.25) is 11.7 Å². The number of benzene rings is 2. The maximum Gasteiger partial charge on any atom is 0.259 e. The molecule has 3 heterocycles. The van der Waals surface area contributed by atoms with E-state index in [0.29, 0.717) is 36.9 Å². The summed E-state index contributed by atoms with van der Waals surface area (Å²) >= 11 is 0. The third kappa shape index (κ3) is 6.09. The molecular weight excluding hydrogens is 568 g/mol. The van der Waals surface area contributed by atoms with Gasteiger partial charge in [0.05, 0.1) is 36.6 Å². The van der Waals surface area contributed by atoms with E-state index in [9.17, 15) is 14.7 Å². The summed E-state index contributed by atoms with van der Waals surface area (Å²) in [7, 11) is 0. The Morgan fingerprint density at radius 3 is 2.53 bits per heavy atom. The van der Waals surface area contributed by atoms with Crippen LogP contribution in [0.3, 0.4) is 0 Å². The van der Waals surface area contributed by atoms with Crippen molar-refractivity contribution in [3.63, 3.8) is 0 Å². The van der Waals surface area contributed by atoms with E-state index in [1.165, 1.54) is 6.33 Å². The zero-order chi connectivity index (χ0) is 30.9. The first-order valence-electron chi connectivity index (χ1n) is 16.3. The third-order valence-corrected chi connectivity index (χ3v) is 9.49. The first-order chi connectivity index (χ1) is 22.0. The number of aliphatic hydroxyl groups excluding tert-OH is 1. The molecule has 10 heteroatoms. The summed E-state index contributed by atoms with van der Waals surface area (Å²) < 4.78 is 9.80. The van der Waals surface area contributed by atoms with Gasteiger partial charge >= 0.3 is 0 Å². The number of carbonyl (C=O) groups excluding carboxylic acids is 1. The van der Waals surface area contributed by atoms with Crippen LogP contribution < -0.4 is 11.0 Å². The van der Waals surface area contributed by atoms with Gasteiger partial charge in [0.15, 0.2) is 0 Å². The minimum Gasteiger partial charge on any atom is -0.390 e. The summed E-state index contributed by atoms with van der Waals surface area (Å²) in [5, 5.41) is 19.2. The molecule has 2 fully saturated rings.